The molecule has 0 aliphatic carbocycles. The summed E-state index contributed by atoms with van der Waals surface area (Å²) in [5.74, 6) is -0.311. The number of carbonyl (C=O) groups is 1. The molecule has 1 rings (SSSR count). The van der Waals surface area contributed by atoms with Crippen LogP contribution in [0.15, 0.2) is 9.31 Å². The summed E-state index contributed by atoms with van der Waals surface area (Å²) in [6, 6.07) is 0. The van der Waals surface area contributed by atoms with E-state index < -0.39 is 16.0 Å². The second-order valence-electron chi connectivity index (χ2n) is 4.34. The van der Waals surface area contributed by atoms with E-state index in [1.165, 1.54) is 32.3 Å². The Morgan fingerprint density at radius 2 is 1.90 bits per heavy atom. The van der Waals surface area contributed by atoms with Crippen LogP contribution in [0.5, 0.6) is 0 Å². The fourth-order valence-electron chi connectivity index (χ4n) is 1.86. The number of hydrogen-bond donors (Lipinski definition) is 1. The Labute approximate surface area is 131 Å². The van der Waals surface area contributed by atoms with Crippen LogP contribution >= 0.6 is 12.4 Å². The summed E-state index contributed by atoms with van der Waals surface area (Å²) in [6.45, 7) is 3.83. The molecule has 0 amide bonds. The zero-order valence-electron chi connectivity index (χ0n) is 12.7. The second-order valence-corrected chi connectivity index (χ2v) is 6.32. The number of carbonyl (C=O) groups excluding carboxylic acids is 1. The molecule has 0 bridgehead atoms. The van der Waals surface area contributed by atoms with Crippen LogP contribution in [0.2, 0.25) is 0 Å². The number of hydrogen-bond acceptors (Lipinski definition) is 6. The third-order valence-electron chi connectivity index (χ3n) is 2.94. The second kappa shape index (κ2) is 7.79. The van der Waals surface area contributed by atoms with Gasteiger partial charge in [-0.1, -0.05) is 0 Å². The first-order valence-corrected chi connectivity index (χ1v) is 7.50. The lowest BCUT2D eigenvalue weighted by atomic mass is 10.2. The van der Waals surface area contributed by atoms with Crippen LogP contribution in [-0.2, 0) is 14.8 Å². The number of nitrogens with zero attached hydrogens (tertiary/aromatic N) is 1. The summed E-state index contributed by atoms with van der Waals surface area (Å²) >= 11 is 0. The van der Waals surface area contributed by atoms with Gasteiger partial charge in [-0.25, -0.2) is 13.2 Å². The van der Waals surface area contributed by atoms with Gasteiger partial charge in [0.05, 0.1) is 7.11 Å². The maximum absolute atomic E-state index is 12.5. The van der Waals surface area contributed by atoms with Gasteiger partial charge in [0.25, 0.3) is 0 Å². The fourth-order valence-corrected chi connectivity index (χ4v) is 3.39. The highest BCUT2D eigenvalue weighted by Crippen LogP contribution is 2.29. The van der Waals surface area contributed by atoms with Crippen molar-refractivity contribution in [1.82, 2.24) is 9.62 Å². The van der Waals surface area contributed by atoms with Gasteiger partial charge in [-0.15, -0.1) is 12.4 Å². The molecule has 1 heterocycles. The summed E-state index contributed by atoms with van der Waals surface area (Å²) in [5.41, 5.74) is -0.0405. The molecule has 7 nitrogen and oxygen atoms in total. The van der Waals surface area contributed by atoms with Crippen LogP contribution in [0.4, 0.5) is 0 Å². The van der Waals surface area contributed by atoms with Crippen LogP contribution < -0.4 is 5.32 Å². The van der Waals surface area contributed by atoms with Crippen molar-refractivity contribution >= 4 is 28.4 Å². The van der Waals surface area contributed by atoms with E-state index in [1.54, 1.807) is 7.05 Å². The first kappa shape index (κ1) is 19.9. The quantitative estimate of drug-likeness (QED) is 0.775. The molecule has 0 aromatic carbocycles. The normalized spacial score (nSPS) is 11.3. The molecule has 0 spiro atoms. The lowest BCUT2D eigenvalue weighted by molar-refractivity contribution is 0.0594. The zero-order chi connectivity index (χ0) is 15.5. The largest absolute Gasteiger partial charge is 0.465 e. The maximum Gasteiger partial charge on any atom is 0.342 e. The molecule has 0 unspecified atom stereocenters. The smallest absolute Gasteiger partial charge is 0.342 e. The van der Waals surface area contributed by atoms with Gasteiger partial charge in [0.2, 0.25) is 10.0 Å². The Balaban J connectivity index is 0.00000400. The number of likely N-dealkylation sites (N-methyl/N-ethyl adjacent to an activating group) is 2. The van der Waals surface area contributed by atoms with Gasteiger partial charge in [-0.2, -0.15) is 4.31 Å². The van der Waals surface area contributed by atoms with Crippen LogP contribution in [0.25, 0.3) is 0 Å². The number of methoxy groups -OCH3 is 1. The molecule has 0 fully saturated rings. The van der Waals surface area contributed by atoms with E-state index in [4.69, 9.17) is 4.42 Å². The molecule has 0 saturated carbocycles. The third-order valence-corrected chi connectivity index (χ3v) is 4.95. The van der Waals surface area contributed by atoms with Gasteiger partial charge in [-0.05, 0) is 20.9 Å². The minimum Gasteiger partial charge on any atom is -0.465 e. The van der Waals surface area contributed by atoms with Gasteiger partial charge < -0.3 is 14.5 Å². The predicted octanol–water partition coefficient (Wildman–Crippen LogP) is 0.945. The first-order chi connectivity index (χ1) is 9.27. The predicted molar refractivity (Wildman–Crippen MR) is 80.5 cm³/mol. The van der Waals surface area contributed by atoms with Gasteiger partial charge >= 0.3 is 5.97 Å². The molecular formula is C12H21ClN2O5S. The van der Waals surface area contributed by atoms with Crippen molar-refractivity contribution in [2.24, 2.45) is 0 Å². The highest BCUT2D eigenvalue weighted by molar-refractivity contribution is 7.89. The molecule has 0 atom stereocenters. The van der Waals surface area contributed by atoms with Crippen molar-refractivity contribution in [2.75, 3.05) is 34.3 Å². The first-order valence-electron chi connectivity index (χ1n) is 6.06. The Kier molecular flexibility index (Phi) is 7.38. The number of ether oxygens (including phenoxy) is 1. The summed E-state index contributed by atoms with van der Waals surface area (Å²) < 4.78 is 36.2. The molecule has 1 aromatic rings. The van der Waals surface area contributed by atoms with Crippen molar-refractivity contribution in [3.05, 3.63) is 17.1 Å². The summed E-state index contributed by atoms with van der Waals surface area (Å²) in [4.78, 5) is 11.6. The van der Waals surface area contributed by atoms with E-state index >= 15 is 0 Å². The number of esters is 1. The minimum atomic E-state index is -3.81. The van der Waals surface area contributed by atoms with Gasteiger partial charge in [0, 0.05) is 20.1 Å². The Bertz CT molecular complexity index is 597. The monoisotopic (exact) mass is 340 g/mol. The molecule has 21 heavy (non-hydrogen) atoms. The van der Waals surface area contributed by atoms with E-state index in [9.17, 15) is 13.2 Å². The number of rotatable bonds is 6. The van der Waals surface area contributed by atoms with Crippen molar-refractivity contribution < 1.29 is 22.4 Å². The zero-order valence-corrected chi connectivity index (χ0v) is 14.4. The molecule has 0 aliphatic rings. The molecule has 1 aromatic heterocycles. The van der Waals surface area contributed by atoms with E-state index in [1.807, 2.05) is 0 Å². The highest BCUT2D eigenvalue weighted by atomic mass is 35.5. The fraction of sp³-hybridized carbons (Fsp3) is 0.583. The molecule has 9 heteroatoms. The van der Waals surface area contributed by atoms with Crippen molar-refractivity contribution in [3.63, 3.8) is 0 Å². The molecule has 0 radical (unpaired) electrons. The van der Waals surface area contributed by atoms with E-state index in [0.29, 0.717) is 6.54 Å². The molecule has 1 N–H and O–H groups in total. The van der Waals surface area contributed by atoms with Crippen LogP contribution in [0.1, 0.15) is 21.9 Å². The topological polar surface area (TPSA) is 88.9 Å². The lowest BCUT2D eigenvalue weighted by Crippen LogP contribution is -2.33. The maximum atomic E-state index is 12.5. The van der Waals surface area contributed by atoms with Gasteiger partial charge in [0.15, 0.2) is 0 Å². The lowest BCUT2D eigenvalue weighted by Gasteiger charge is -2.17. The average Bonchev–Trinajstić information content (AvgIpc) is 2.70. The molecule has 0 saturated heterocycles. The number of nitrogens with one attached hydrogen (secondary N) is 1. The highest BCUT2D eigenvalue weighted by Gasteiger charge is 2.33. The summed E-state index contributed by atoms with van der Waals surface area (Å²) in [6.07, 6.45) is 0. The number of sulfonamides is 1. The van der Waals surface area contributed by atoms with E-state index in [0.717, 1.165) is 0 Å². The van der Waals surface area contributed by atoms with Crippen molar-refractivity contribution in [2.45, 2.75) is 18.7 Å². The van der Waals surface area contributed by atoms with Gasteiger partial charge in [0.1, 0.15) is 22.0 Å². The molecular weight excluding hydrogens is 320 g/mol. The Morgan fingerprint density at radius 3 is 2.38 bits per heavy atom. The molecule has 0 aliphatic heterocycles. The summed E-state index contributed by atoms with van der Waals surface area (Å²) in [5, 5.41) is 2.87. The van der Waals surface area contributed by atoms with Gasteiger partial charge in [-0.3, -0.25) is 0 Å². The molecule has 122 valence electrons. The standard InChI is InChI=1S/C12H20N2O5S.ClH/c1-8-10(12(15)18-5)11(9(2)19-8)20(16,17)14(4)7-6-13-3;/h13H,6-7H2,1-5H3;1H. The van der Waals surface area contributed by atoms with Crippen LogP contribution in [0.3, 0.4) is 0 Å². The van der Waals surface area contributed by atoms with Crippen LogP contribution in [-0.4, -0.2) is 53.0 Å². The number of aryl methyl sites for hydroxylation is 2. The third kappa shape index (κ3) is 3.97. The van der Waals surface area contributed by atoms with Crippen LogP contribution in [0, 0.1) is 13.8 Å². The van der Waals surface area contributed by atoms with Crippen molar-refractivity contribution in [1.29, 1.82) is 0 Å². The number of halogens is 1. The average molecular weight is 341 g/mol. The minimum absolute atomic E-state index is 0. The summed E-state index contributed by atoms with van der Waals surface area (Å²) in [7, 11) is 0.575. The SMILES string of the molecule is CNCCN(C)S(=O)(=O)c1c(C)oc(C)c1C(=O)OC.Cl. The number of furan rings is 1. The Hall–Kier alpha value is -1.09. The van der Waals surface area contributed by atoms with E-state index in [2.05, 4.69) is 10.1 Å². The van der Waals surface area contributed by atoms with Crippen molar-refractivity contribution in [3.8, 4) is 0 Å². The van der Waals surface area contributed by atoms with E-state index in [-0.39, 0.29) is 40.9 Å². The Morgan fingerprint density at radius 1 is 1.33 bits per heavy atom.